The number of aryl methyl sites for hydroxylation is 1. The monoisotopic (exact) mass is 425 g/mol. The third-order valence-corrected chi connectivity index (χ3v) is 9.15. The second-order valence-corrected chi connectivity index (χ2v) is 11.3. The van der Waals surface area contributed by atoms with Crippen LogP contribution in [0.2, 0.25) is 0 Å². The first kappa shape index (κ1) is 17.8. The Kier molecular flexibility index (Phi) is 4.70. The Morgan fingerprint density at radius 2 is 2.12 bits per heavy atom. The highest BCUT2D eigenvalue weighted by molar-refractivity contribution is 7.91. The van der Waals surface area contributed by atoms with Crippen LogP contribution in [0.25, 0.3) is 0 Å². The second-order valence-electron chi connectivity index (χ2n) is 5.77. The minimum Gasteiger partial charge on any atom is -0.297 e. The smallest absolute Gasteiger partial charge is 0.267 e. The second kappa shape index (κ2) is 6.86. The van der Waals surface area contributed by atoms with Gasteiger partial charge in [-0.15, -0.1) is 34.0 Å². The van der Waals surface area contributed by atoms with Crippen molar-refractivity contribution in [2.45, 2.75) is 24.1 Å². The first-order valence-electron chi connectivity index (χ1n) is 7.83. The minimum absolute atomic E-state index is 0.190. The molecular formula is C16H15N3O3S4. The van der Waals surface area contributed by atoms with Gasteiger partial charge in [-0.1, -0.05) is 6.07 Å². The number of hydrogen-bond acceptors (Lipinski definition) is 7. The maximum Gasteiger partial charge on any atom is 0.267 e. The van der Waals surface area contributed by atoms with E-state index in [1.807, 2.05) is 24.4 Å². The summed E-state index contributed by atoms with van der Waals surface area (Å²) in [6, 6.07) is 7.05. The van der Waals surface area contributed by atoms with Crippen LogP contribution in [0.5, 0.6) is 0 Å². The fourth-order valence-electron chi connectivity index (χ4n) is 2.68. The quantitative estimate of drug-likeness (QED) is 0.693. The first-order chi connectivity index (χ1) is 12.4. The normalized spacial score (nSPS) is 15.0. The van der Waals surface area contributed by atoms with Gasteiger partial charge in [0.25, 0.3) is 15.9 Å². The van der Waals surface area contributed by atoms with Crippen molar-refractivity contribution < 1.29 is 13.2 Å². The molecule has 4 heterocycles. The van der Waals surface area contributed by atoms with Gasteiger partial charge in [-0.3, -0.25) is 10.1 Å². The van der Waals surface area contributed by atoms with Gasteiger partial charge in [0.1, 0.15) is 4.21 Å². The summed E-state index contributed by atoms with van der Waals surface area (Å²) >= 11 is 3.99. The van der Waals surface area contributed by atoms with Gasteiger partial charge in [0.05, 0.1) is 17.1 Å². The maximum atomic E-state index is 12.8. The van der Waals surface area contributed by atoms with Crippen molar-refractivity contribution in [3.63, 3.8) is 0 Å². The van der Waals surface area contributed by atoms with E-state index in [4.69, 9.17) is 0 Å². The number of hydrogen-bond donors (Lipinski definition) is 1. The molecule has 0 radical (unpaired) electrons. The van der Waals surface area contributed by atoms with Gasteiger partial charge >= 0.3 is 0 Å². The summed E-state index contributed by atoms with van der Waals surface area (Å²) in [4.78, 5) is 19.1. The standard InChI is InChI=1S/C16H15N3O3S4/c1-10-4-5-14(24-10)26(21,22)19-7-6-11-13(9-19)25-16(17-11)18-15(20)12-3-2-8-23-12/h2-5,8H,6-7,9H2,1H3,(H,17,18,20). The summed E-state index contributed by atoms with van der Waals surface area (Å²) in [7, 11) is -3.49. The van der Waals surface area contributed by atoms with Crippen LogP contribution in [0.1, 0.15) is 25.1 Å². The molecule has 0 saturated carbocycles. The molecule has 0 aliphatic carbocycles. The molecule has 0 saturated heterocycles. The Labute approximate surface area is 163 Å². The van der Waals surface area contributed by atoms with Crippen LogP contribution >= 0.6 is 34.0 Å². The summed E-state index contributed by atoms with van der Waals surface area (Å²) < 4.78 is 27.5. The molecule has 1 amide bonds. The van der Waals surface area contributed by atoms with Crippen molar-refractivity contribution in [2.24, 2.45) is 0 Å². The highest BCUT2D eigenvalue weighted by Crippen LogP contribution is 2.33. The maximum absolute atomic E-state index is 12.8. The average molecular weight is 426 g/mol. The van der Waals surface area contributed by atoms with E-state index in [0.29, 0.717) is 33.7 Å². The van der Waals surface area contributed by atoms with Crippen LogP contribution in [0.3, 0.4) is 0 Å². The molecule has 0 atom stereocenters. The number of fused-ring (bicyclic) bond motifs is 1. The zero-order valence-electron chi connectivity index (χ0n) is 13.8. The van der Waals surface area contributed by atoms with Crippen molar-refractivity contribution in [3.8, 4) is 0 Å². The van der Waals surface area contributed by atoms with Crippen LogP contribution in [0.4, 0.5) is 5.13 Å². The van der Waals surface area contributed by atoms with Gasteiger partial charge in [-0.25, -0.2) is 13.4 Å². The van der Waals surface area contributed by atoms with Gasteiger partial charge in [0.15, 0.2) is 5.13 Å². The third kappa shape index (κ3) is 3.35. The summed E-state index contributed by atoms with van der Waals surface area (Å²) in [6.45, 7) is 2.58. The van der Waals surface area contributed by atoms with Crippen LogP contribution in [-0.2, 0) is 23.0 Å². The Bertz CT molecular complexity index is 1050. The lowest BCUT2D eigenvalue weighted by Gasteiger charge is -2.24. The Morgan fingerprint density at radius 1 is 1.27 bits per heavy atom. The Hall–Kier alpha value is -1.59. The van der Waals surface area contributed by atoms with E-state index in [9.17, 15) is 13.2 Å². The lowest BCUT2D eigenvalue weighted by atomic mass is 10.2. The van der Waals surface area contributed by atoms with Crippen LogP contribution < -0.4 is 5.32 Å². The lowest BCUT2D eigenvalue weighted by molar-refractivity contribution is 0.103. The number of nitrogens with zero attached hydrogens (tertiary/aromatic N) is 2. The van der Waals surface area contributed by atoms with Crippen LogP contribution in [0, 0.1) is 6.92 Å². The molecule has 4 rings (SSSR count). The molecule has 0 bridgehead atoms. The summed E-state index contributed by atoms with van der Waals surface area (Å²) in [5, 5.41) is 5.16. The number of nitrogens with one attached hydrogen (secondary N) is 1. The predicted octanol–water partition coefficient (Wildman–Crippen LogP) is 3.57. The number of amides is 1. The molecule has 26 heavy (non-hydrogen) atoms. The minimum atomic E-state index is -3.49. The number of carbonyl (C=O) groups excluding carboxylic acids is 1. The van der Waals surface area contributed by atoms with Crippen LogP contribution in [-0.4, -0.2) is 30.2 Å². The molecular weight excluding hydrogens is 410 g/mol. The Balaban J connectivity index is 1.52. The highest BCUT2D eigenvalue weighted by atomic mass is 32.2. The molecule has 10 heteroatoms. The Morgan fingerprint density at radius 3 is 2.81 bits per heavy atom. The van der Waals surface area contributed by atoms with E-state index < -0.39 is 10.0 Å². The molecule has 0 unspecified atom stereocenters. The van der Waals surface area contributed by atoms with Crippen molar-refractivity contribution in [2.75, 3.05) is 11.9 Å². The predicted molar refractivity (Wildman–Crippen MR) is 105 cm³/mol. The molecule has 3 aromatic heterocycles. The van der Waals surface area contributed by atoms with E-state index in [1.165, 1.54) is 38.3 Å². The molecule has 136 valence electrons. The van der Waals surface area contributed by atoms with Crippen LogP contribution in [0.15, 0.2) is 33.9 Å². The molecule has 0 fully saturated rings. The topological polar surface area (TPSA) is 79.4 Å². The van der Waals surface area contributed by atoms with E-state index in [0.717, 1.165) is 15.4 Å². The van der Waals surface area contributed by atoms with E-state index in [1.54, 1.807) is 12.1 Å². The number of aromatic nitrogens is 1. The number of sulfonamides is 1. The average Bonchev–Trinajstić information content (AvgIpc) is 3.34. The lowest BCUT2D eigenvalue weighted by Crippen LogP contribution is -2.35. The first-order valence-corrected chi connectivity index (χ1v) is 11.8. The number of thiophene rings is 2. The fraction of sp³-hybridized carbons (Fsp3) is 0.250. The van der Waals surface area contributed by atoms with E-state index >= 15 is 0 Å². The summed E-state index contributed by atoms with van der Waals surface area (Å²) in [5.74, 6) is -0.190. The molecule has 1 N–H and O–H groups in total. The van der Waals surface area contributed by atoms with Gasteiger partial charge < -0.3 is 0 Å². The largest absolute Gasteiger partial charge is 0.297 e. The molecule has 1 aliphatic rings. The number of carbonyl (C=O) groups is 1. The number of rotatable bonds is 4. The highest BCUT2D eigenvalue weighted by Gasteiger charge is 2.31. The SMILES string of the molecule is Cc1ccc(S(=O)(=O)N2CCc3nc(NC(=O)c4cccs4)sc3C2)s1. The van der Waals surface area contributed by atoms with Gasteiger partial charge in [0.2, 0.25) is 0 Å². The molecule has 3 aromatic rings. The zero-order chi connectivity index (χ0) is 18.3. The van der Waals surface area contributed by atoms with E-state index in [2.05, 4.69) is 10.3 Å². The van der Waals surface area contributed by atoms with Crippen molar-refractivity contribution in [1.82, 2.24) is 9.29 Å². The van der Waals surface area contributed by atoms with Gasteiger partial charge in [-0.05, 0) is 30.5 Å². The molecule has 1 aliphatic heterocycles. The fourth-order valence-corrected chi connectivity index (χ4v) is 7.24. The van der Waals surface area contributed by atoms with Crippen molar-refractivity contribution in [1.29, 1.82) is 0 Å². The van der Waals surface area contributed by atoms with E-state index in [-0.39, 0.29) is 5.91 Å². The number of thiazole rings is 1. The van der Waals surface area contributed by atoms with Crippen molar-refractivity contribution in [3.05, 3.63) is 50.0 Å². The molecule has 0 spiro atoms. The molecule has 6 nitrogen and oxygen atoms in total. The van der Waals surface area contributed by atoms with Gasteiger partial charge in [0, 0.05) is 22.7 Å². The number of anilines is 1. The third-order valence-electron chi connectivity index (χ3n) is 3.97. The molecule has 0 aromatic carbocycles. The summed E-state index contributed by atoms with van der Waals surface area (Å²) in [6.07, 6.45) is 0.546. The summed E-state index contributed by atoms with van der Waals surface area (Å²) in [5.41, 5.74) is 0.866. The van der Waals surface area contributed by atoms with Crippen molar-refractivity contribution >= 4 is 55.1 Å². The zero-order valence-corrected chi connectivity index (χ0v) is 17.0. The van der Waals surface area contributed by atoms with Gasteiger partial charge in [-0.2, -0.15) is 4.31 Å².